The Balaban J connectivity index is 1.46. The predicted octanol–water partition coefficient (Wildman–Crippen LogP) is -0.467. The average molecular weight is 537 g/mol. The van der Waals surface area contributed by atoms with Gasteiger partial charge in [0.05, 0.1) is 18.7 Å². The molecule has 4 atom stereocenters. The van der Waals surface area contributed by atoms with Crippen LogP contribution >= 0.6 is 0 Å². The molecule has 0 saturated carbocycles. The second-order valence-electron chi connectivity index (χ2n) is 9.51. The number of amides is 3. The van der Waals surface area contributed by atoms with Crippen LogP contribution in [0.3, 0.4) is 0 Å². The van der Waals surface area contributed by atoms with Gasteiger partial charge in [0.15, 0.2) is 0 Å². The minimum absolute atomic E-state index is 0.00774. The van der Waals surface area contributed by atoms with Gasteiger partial charge in [-0.05, 0) is 18.4 Å². The Morgan fingerprint density at radius 2 is 1.64 bits per heavy atom. The summed E-state index contributed by atoms with van der Waals surface area (Å²) in [7, 11) is 0. The third-order valence-electron chi connectivity index (χ3n) is 6.66. The molecular weight excluding hydrogens is 504 g/mol. The number of carbonyl (C=O) groups excluding carboxylic acids is 3. The number of benzene rings is 1. The van der Waals surface area contributed by atoms with Crippen LogP contribution in [0.4, 0.5) is 0 Å². The molecule has 4 rings (SSSR count). The number of aromatic amines is 2. The first kappa shape index (κ1) is 27.5. The number of aliphatic carboxylic acids is 1. The molecular formula is C26H32N8O5. The molecule has 1 aliphatic heterocycles. The Morgan fingerprint density at radius 3 is 2.26 bits per heavy atom. The van der Waals surface area contributed by atoms with Crippen LogP contribution in [0.1, 0.15) is 29.8 Å². The van der Waals surface area contributed by atoms with Crippen LogP contribution in [0.5, 0.6) is 0 Å². The molecule has 1 aromatic carbocycles. The van der Waals surface area contributed by atoms with Gasteiger partial charge < -0.3 is 36.3 Å². The van der Waals surface area contributed by atoms with E-state index in [1.165, 1.54) is 23.8 Å². The maximum absolute atomic E-state index is 13.4. The Morgan fingerprint density at radius 1 is 0.974 bits per heavy atom. The van der Waals surface area contributed by atoms with E-state index in [0.717, 1.165) is 5.56 Å². The van der Waals surface area contributed by atoms with E-state index in [1.807, 2.05) is 30.3 Å². The van der Waals surface area contributed by atoms with Gasteiger partial charge in [-0.2, -0.15) is 0 Å². The topological polar surface area (TPSA) is 199 Å². The lowest BCUT2D eigenvalue weighted by Gasteiger charge is -2.28. The second kappa shape index (κ2) is 12.8. The Hall–Kier alpha value is -4.52. The molecule has 0 spiro atoms. The number of nitrogens with zero attached hydrogens (tertiary/aromatic N) is 3. The fourth-order valence-electron chi connectivity index (χ4n) is 4.65. The predicted molar refractivity (Wildman–Crippen MR) is 139 cm³/mol. The van der Waals surface area contributed by atoms with Crippen LogP contribution in [-0.4, -0.2) is 84.3 Å². The number of aromatic nitrogens is 4. The molecule has 4 unspecified atom stereocenters. The van der Waals surface area contributed by atoms with Crippen molar-refractivity contribution in [1.82, 2.24) is 35.5 Å². The van der Waals surface area contributed by atoms with E-state index in [2.05, 4.69) is 30.6 Å². The van der Waals surface area contributed by atoms with Gasteiger partial charge in [-0.15, -0.1) is 0 Å². The molecule has 13 nitrogen and oxygen atoms in total. The van der Waals surface area contributed by atoms with Crippen molar-refractivity contribution in [2.24, 2.45) is 5.73 Å². The van der Waals surface area contributed by atoms with Gasteiger partial charge >= 0.3 is 5.97 Å². The lowest BCUT2D eigenvalue weighted by Crippen LogP contribution is -2.57. The minimum atomic E-state index is -1.24. The highest BCUT2D eigenvalue weighted by Crippen LogP contribution is 2.19. The fraction of sp³-hybridized carbons (Fsp3) is 0.385. The summed E-state index contributed by atoms with van der Waals surface area (Å²) in [4.78, 5) is 66.7. The largest absolute Gasteiger partial charge is 0.480 e. The van der Waals surface area contributed by atoms with Crippen molar-refractivity contribution < 1.29 is 24.3 Å². The highest BCUT2D eigenvalue weighted by atomic mass is 16.4. The van der Waals surface area contributed by atoms with Crippen LogP contribution in [0.15, 0.2) is 55.4 Å². The molecule has 1 fully saturated rings. The zero-order valence-electron chi connectivity index (χ0n) is 21.2. The third kappa shape index (κ3) is 7.29. The second-order valence-corrected chi connectivity index (χ2v) is 9.51. The maximum Gasteiger partial charge on any atom is 0.326 e. The normalized spacial score (nSPS) is 17.3. The number of hydrogen-bond donors (Lipinski definition) is 6. The van der Waals surface area contributed by atoms with Crippen LogP contribution in [0.2, 0.25) is 0 Å². The smallest absolute Gasteiger partial charge is 0.326 e. The molecule has 3 aromatic rings. The molecule has 0 aliphatic carbocycles. The van der Waals surface area contributed by atoms with Gasteiger partial charge in [0, 0.05) is 49.6 Å². The number of carboxylic acid groups (broad SMARTS) is 1. The standard InChI is InChI=1S/C26H32N8O5/c27-19(10-17-12-28-14-30-17)25(37)34-8-4-7-22(34)24(36)32-20(9-16-5-2-1-3-6-16)23(35)33-21(26(38)39)11-18-13-29-15-31-18/h1-3,5-6,12-15,19-22H,4,7-11,27H2,(H,28,30)(H,29,31)(H,32,36)(H,33,35)(H,38,39). The highest BCUT2D eigenvalue weighted by Gasteiger charge is 2.38. The number of nitrogens with two attached hydrogens (primary N) is 1. The van der Waals surface area contributed by atoms with E-state index in [4.69, 9.17) is 5.73 Å². The molecule has 3 amide bonds. The van der Waals surface area contributed by atoms with Crippen LogP contribution < -0.4 is 16.4 Å². The Kier molecular flexibility index (Phi) is 9.05. The summed E-state index contributed by atoms with van der Waals surface area (Å²) in [5, 5.41) is 15.0. The monoisotopic (exact) mass is 536 g/mol. The van der Waals surface area contributed by atoms with E-state index in [1.54, 1.807) is 6.20 Å². The van der Waals surface area contributed by atoms with Crippen LogP contribution in [0.25, 0.3) is 0 Å². The van der Waals surface area contributed by atoms with Crippen molar-refractivity contribution in [1.29, 1.82) is 0 Å². The third-order valence-corrected chi connectivity index (χ3v) is 6.66. The number of carbonyl (C=O) groups is 4. The summed E-state index contributed by atoms with van der Waals surface area (Å²) in [5.74, 6) is -2.73. The van der Waals surface area contributed by atoms with Crippen molar-refractivity contribution in [2.45, 2.75) is 56.3 Å². The summed E-state index contributed by atoms with van der Waals surface area (Å²) in [5.41, 5.74) is 8.17. The Bertz CT molecular complexity index is 1250. The van der Waals surface area contributed by atoms with E-state index >= 15 is 0 Å². The molecule has 7 N–H and O–H groups in total. The van der Waals surface area contributed by atoms with E-state index in [0.29, 0.717) is 30.8 Å². The van der Waals surface area contributed by atoms with Gasteiger partial charge in [0.1, 0.15) is 18.1 Å². The van der Waals surface area contributed by atoms with Gasteiger partial charge in [-0.25, -0.2) is 14.8 Å². The molecule has 1 saturated heterocycles. The molecule has 206 valence electrons. The summed E-state index contributed by atoms with van der Waals surface area (Å²) in [6, 6.07) is 5.11. The first-order chi connectivity index (χ1) is 18.8. The first-order valence-corrected chi connectivity index (χ1v) is 12.7. The number of imidazole rings is 2. The van der Waals surface area contributed by atoms with Gasteiger partial charge in [0.2, 0.25) is 17.7 Å². The number of carboxylic acids is 1. The number of rotatable bonds is 12. The minimum Gasteiger partial charge on any atom is -0.480 e. The van der Waals surface area contributed by atoms with Gasteiger partial charge in [-0.1, -0.05) is 30.3 Å². The van der Waals surface area contributed by atoms with Crippen molar-refractivity contribution >= 4 is 23.7 Å². The summed E-state index contributed by atoms with van der Waals surface area (Å²) >= 11 is 0. The molecule has 13 heteroatoms. The molecule has 2 aromatic heterocycles. The van der Waals surface area contributed by atoms with E-state index in [-0.39, 0.29) is 25.2 Å². The first-order valence-electron chi connectivity index (χ1n) is 12.7. The molecule has 1 aliphatic rings. The van der Waals surface area contributed by atoms with Crippen molar-refractivity contribution in [2.75, 3.05) is 6.54 Å². The van der Waals surface area contributed by atoms with Crippen molar-refractivity contribution in [3.63, 3.8) is 0 Å². The van der Waals surface area contributed by atoms with Gasteiger partial charge in [-0.3, -0.25) is 14.4 Å². The molecule has 39 heavy (non-hydrogen) atoms. The molecule has 0 bridgehead atoms. The highest BCUT2D eigenvalue weighted by molar-refractivity contribution is 5.94. The fourth-order valence-corrected chi connectivity index (χ4v) is 4.65. The lowest BCUT2D eigenvalue weighted by molar-refractivity contribution is -0.143. The van der Waals surface area contributed by atoms with Crippen molar-refractivity contribution in [3.05, 3.63) is 72.3 Å². The average Bonchev–Trinajstić information content (AvgIpc) is 3.71. The quantitative estimate of drug-likeness (QED) is 0.178. The van der Waals surface area contributed by atoms with E-state index in [9.17, 15) is 24.3 Å². The van der Waals surface area contributed by atoms with Crippen LogP contribution in [0, 0.1) is 0 Å². The zero-order chi connectivity index (χ0) is 27.8. The number of nitrogens with one attached hydrogen (secondary N) is 4. The Labute approximate surface area is 224 Å². The lowest BCUT2D eigenvalue weighted by atomic mass is 10.0. The van der Waals surface area contributed by atoms with Crippen molar-refractivity contribution in [3.8, 4) is 0 Å². The molecule has 0 radical (unpaired) electrons. The number of hydrogen-bond acceptors (Lipinski definition) is 7. The summed E-state index contributed by atoms with van der Waals surface area (Å²) in [6.45, 7) is 0.369. The van der Waals surface area contributed by atoms with Crippen LogP contribution in [-0.2, 0) is 38.4 Å². The van der Waals surface area contributed by atoms with E-state index < -0.39 is 42.0 Å². The summed E-state index contributed by atoms with van der Waals surface area (Å²) < 4.78 is 0. The van der Waals surface area contributed by atoms with Gasteiger partial charge in [0.25, 0.3) is 0 Å². The maximum atomic E-state index is 13.4. The number of H-pyrrole nitrogens is 2. The number of likely N-dealkylation sites (tertiary alicyclic amines) is 1. The molecule has 3 heterocycles. The SMILES string of the molecule is NC(Cc1cnc[nH]1)C(=O)N1CCCC1C(=O)NC(Cc1ccccc1)C(=O)NC(Cc1cnc[nH]1)C(=O)O. The zero-order valence-corrected chi connectivity index (χ0v) is 21.2. The summed E-state index contributed by atoms with van der Waals surface area (Å²) in [6.07, 6.45) is 7.40.